The van der Waals surface area contributed by atoms with Crippen molar-refractivity contribution in [2.24, 2.45) is 0 Å². The van der Waals surface area contributed by atoms with Gasteiger partial charge >= 0.3 is 0 Å². The van der Waals surface area contributed by atoms with Gasteiger partial charge in [0.05, 0.1) is 0 Å². The van der Waals surface area contributed by atoms with E-state index in [1.165, 1.54) is 12.1 Å². The van der Waals surface area contributed by atoms with Gasteiger partial charge < -0.3 is 15.8 Å². The quantitative estimate of drug-likeness (QED) is 0.872. The number of benzene rings is 1. The molecule has 2 aromatic rings. The van der Waals surface area contributed by atoms with Crippen molar-refractivity contribution in [1.82, 2.24) is 9.97 Å². The van der Waals surface area contributed by atoms with Crippen molar-refractivity contribution in [3.05, 3.63) is 35.6 Å². The maximum atomic E-state index is 13.1. The van der Waals surface area contributed by atoms with Crippen LogP contribution in [-0.4, -0.2) is 17.0 Å². The molecule has 5 nitrogen and oxygen atoms in total. The molecule has 0 saturated carbocycles. The van der Waals surface area contributed by atoms with Crippen molar-refractivity contribution < 1.29 is 9.13 Å². The van der Waals surface area contributed by atoms with Crippen LogP contribution >= 0.6 is 0 Å². The molecule has 0 amide bonds. The number of nitrogen functional groups attached to an aromatic ring is 1. The first-order valence-corrected chi connectivity index (χ1v) is 5.35. The van der Waals surface area contributed by atoms with Crippen LogP contribution in [0.15, 0.2) is 24.3 Å². The standard InChI is InChI=1S/C12H13FN4O/c1-7-5-8(3-4-9(7)13)18-11-6-10(15-2)16-12(14)17-11/h3-6H,1-2H3,(H3,14,15,16,17). The Bertz CT molecular complexity index is 574. The van der Waals surface area contributed by atoms with E-state index < -0.39 is 0 Å². The van der Waals surface area contributed by atoms with Crippen molar-refractivity contribution in [2.45, 2.75) is 6.92 Å². The molecular formula is C12H13FN4O. The van der Waals surface area contributed by atoms with Crippen LogP contribution in [-0.2, 0) is 0 Å². The van der Waals surface area contributed by atoms with Crippen LogP contribution in [0.2, 0.25) is 0 Å². The summed E-state index contributed by atoms with van der Waals surface area (Å²) in [7, 11) is 1.72. The minimum atomic E-state index is -0.277. The van der Waals surface area contributed by atoms with E-state index in [0.29, 0.717) is 23.0 Å². The van der Waals surface area contributed by atoms with Crippen LogP contribution in [0.5, 0.6) is 11.6 Å². The van der Waals surface area contributed by atoms with E-state index in [4.69, 9.17) is 10.5 Å². The highest BCUT2D eigenvalue weighted by molar-refractivity contribution is 5.43. The van der Waals surface area contributed by atoms with Crippen LogP contribution < -0.4 is 15.8 Å². The Kier molecular flexibility index (Phi) is 3.27. The first-order chi connectivity index (χ1) is 8.58. The van der Waals surface area contributed by atoms with E-state index in [2.05, 4.69) is 15.3 Å². The predicted molar refractivity (Wildman–Crippen MR) is 67.2 cm³/mol. The molecule has 1 heterocycles. The van der Waals surface area contributed by atoms with Crippen LogP contribution in [0, 0.1) is 12.7 Å². The Morgan fingerprint density at radius 3 is 2.72 bits per heavy atom. The molecule has 0 atom stereocenters. The SMILES string of the molecule is CNc1cc(Oc2ccc(F)c(C)c2)nc(N)n1. The summed E-state index contributed by atoms with van der Waals surface area (Å²) in [4.78, 5) is 7.88. The average Bonchev–Trinajstić information content (AvgIpc) is 2.33. The number of nitrogens with zero attached hydrogens (tertiary/aromatic N) is 2. The van der Waals surface area contributed by atoms with Crippen molar-refractivity contribution in [1.29, 1.82) is 0 Å². The van der Waals surface area contributed by atoms with Crippen molar-refractivity contribution in [2.75, 3.05) is 18.1 Å². The fraction of sp³-hybridized carbons (Fsp3) is 0.167. The number of anilines is 2. The summed E-state index contributed by atoms with van der Waals surface area (Å²) in [5.74, 6) is 1.18. The Morgan fingerprint density at radius 2 is 2.06 bits per heavy atom. The van der Waals surface area contributed by atoms with Gasteiger partial charge in [0.1, 0.15) is 17.4 Å². The minimum absolute atomic E-state index is 0.107. The molecule has 1 aromatic heterocycles. The molecule has 2 rings (SSSR count). The van der Waals surface area contributed by atoms with E-state index in [-0.39, 0.29) is 11.8 Å². The zero-order chi connectivity index (χ0) is 13.1. The molecule has 3 N–H and O–H groups in total. The molecule has 0 saturated heterocycles. The third-order valence-corrected chi connectivity index (χ3v) is 2.33. The highest BCUT2D eigenvalue weighted by Gasteiger charge is 2.05. The molecule has 0 aliphatic rings. The van der Waals surface area contributed by atoms with E-state index >= 15 is 0 Å². The summed E-state index contributed by atoms with van der Waals surface area (Å²) in [5.41, 5.74) is 6.04. The average molecular weight is 248 g/mol. The lowest BCUT2D eigenvalue weighted by Gasteiger charge is -2.08. The summed E-state index contributed by atoms with van der Waals surface area (Å²) in [6.07, 6.45) is 0. The number of hydrogen-bond donors (Lipinski definition) is 2. The third-order valence-electron chi connectivity index (χ3n) is 2.33. The Balaban J connectivity index is 2.27. The van der Waals surface area contributed by atoms with Crippen LogP contribution in [0.3, 0.4) is 0 Å². The van der Waals surface area contributed by atoms with Crippen LogP contribution in [0.4, 0.5) is 16.2 Å². The Morgan fingerprint density at radius 1 is 1.28 bits per heavy atom. The number of halogens is 1. The van der Waals surface area contributed by atoms with Gasteiger partial charge in [-0.2, -0.15) is 9.97 Å². The first kappa shape index (κ1) is 12.1. The van der Waals surface area contributed by atoms with E-state index in [1.807, 2.05) is 0 Å². The Hall–Kier alpha value is -2.37. The zero-order valence-electron chi connectivity index (χ0n) is 10.1. The number of ether oxygens (including phenoxy) is 1. The molecule has 0 bridgehead atoms. The second kappa shape index (κ2) is 4.87. The molecule has 0 unspecified atom stereocenters. The van der Waals surface area contributed by atoms with Gasteiger partial charge in [-0.05, 0) is 30.7 Å². The van der Waals surface area contributed by atoms with Gasteiger partial charge in [0.2, 0.25) is 11.8 Å². The van der Waals surface area contributed by atoms with Gasteiger partial charge in [-0.3, -0.25) is 0 Å². The molecule has 94 valence electrons. The van der Waals surface area contributed by atoms with E-state index in [0.717, 1.165) is 0 Å². The lowest BCUT2D eigenvalue weighted by atomic mass is 10.2. The Labute approximate surface area is 104 Å². The first-order valence-electron chi connectivity index (χ1n) is 5.35. The fourth-order valence-electron chi connectivity index (χ4n) is 1.42. The molecule has 0 aliphatic heterocycles. The van der Waals surface area contributed by atoms with Gasteiger partial charge in [-0.15, -0.1) is 0 Å². The third kappa shape index (κ3) is 2.65. The molecule has 0 radical (unpaired) electrons. The highest BCUT2D eigenvalue weighted by Crippen LogP contribution is 2.23. The molecule has 1 aromatic carbocycles. The number of aryl methyl sites for hydroxylation is 1. The van der Waals surface area contributed by atoms with E-state index in [9.17, 15) is 4.39 Å². The number of rotatable bonds is 3. The second-order valence-corrected chi connectivity index (χ2v) is 3.71. The maximum absolute atomic E-state index is 13.1. The largest absolute Gasteiger partial charge is 0.439 e. The number of nitrogens with one attached hydrogen (secondary N) is 1. The lowest BCUT2D eigenvalue weighted by molar-refractivity contribution is 0.460. The van der Waals surface area contributed by atoms with Crippen molar-refractivity contribution in [3.8, 4) is 11.6 Å². The summed E-state index contributed by atoms with van der Waals surface area (Å²) in [6, 6.07) is 6.07. The van der Waals surface area contributed by atoms with Gasteiger partial charge in [0.15, 0.2) is 0 Å². The molecule has 18 heavy (non-hydrogen) atoms. The summed E-state index contributed by atoms with van der Waals surface area (Å²) in [6.45, 7) is 1.66. The normalized spacial score (nSPS) is 10.2. The molecule has 0 spiro atoms. The summed E-state index contributed by atoms with van der Waals surface area (Å²) >= 11 is 0. The smallest absolute Gasteiger partial charge is 0.226 e. The van der Waals surface area contributed by atoms with Gasteiger partial charge in [-0.1, -0.05) is 0 Å². The van der Waals surface area contributed by atoms with Crippen LogP contribution in [0.1, 0.15) is 5.56 Å². The lowest BCUT2D eigenvalue weighted by Crippen LogP contribution is -2.01. The molecular weight excluding hydrogens is 235 g/mol. The minimum Gasteiger partial charge on any atom is -0.439 e. The molecule has 0 fully saturated rings. The fourth-order valence-corrected chi connectivity index (χ4v) is 1.42. The number of hydrogen-bond acceptors (Lipinski definition) is 5. The highest BCUT2D eigenvalue weighted by atomic mass is 19.1. The van der Waals surface area contributed by atoms with Gasteiger partial charge in [-0.25, -0.2) is 4.39 Å². The van der Waals surface area contributed by atoms with Crippen LogP contribution in [0.25, 0.3) is 0 Å². The maximum Gasteiger partial charge on any atom is 0.226 e. The number of nitrogens with two attached hydrogens (primary N) is 1. The molecule has 6 heteroatoms. The van der Waals surface area contributed by atoms with Crippen molar-refractivity contribution >= 4 is 11.8 Å². The van der Waals surface area contributed by atoms with Crippen molar-refractivity contribution in [3.63, 3.8) is 0 Å². The number of aromatic nitrogens is 2. The monoisotopic (exact) mass is 248 g/mol. The van der Waals surface area contributed by atoms with Gasteiger partial charge in [0.25, 0.3) is 0 Å². The van der Waals surface area contributed by atoms with E-state index in [1.54, 1.807) is 26.1 Å². The molecule has 0 aliphatic carbocycles. The zero-order valence-corrected chi connectivity index (χ0v) is 10.1. The predicted octanol–water partition coefficient (Wildman–Crippen LogP) is 2.34. The topological polar surface area (TPSA) is 73.1 Å². The summed E-state index contributed by atoms with van der Waals surface area (Å²) in [5, 5.41) is 2.84. The summed E-state index contributed by atoms with van der Waals surface area (Å²) < 4.78 is 18.6. The second-order valence-electron chi connectivity index (χ2n) is 3.71. The van der Waals surface area contributed by atoms with Gasteiger partial charge in [0, 0.05) is 13.1 Å².